The first-order valence-electron chi connectivity index (χ1n) is 6.32. The van der Waals surface area contributed by atoms with Crippen LogP contribution in [0.15, 0.2) is 24.3 Å². The van der Waals surface area contributed by atoms with Crippen molar-refractivity contribution in [2.75, 3.05) is 19.7 Å². The molecule has 0 aromatic heterocycles. The van der Waals surface area contributed by atoms with E-state index in [4.69, 9.17) is 16.7 Å². The molecule has 1 heterocycles. The Hall–Kier alpha value is -1.06. The second-order valence-corrected chi connectivity index (χ2v) is 5.21. The van der Waals surface area contributed by atoms with Gasteiger partial charge in [0.05, 0.1) is 6.42 Å². The fraction of sp³-hybridized carbons (Fsp3) is 0.500. The van der Waals surface area contributed by atoms with E-state index in [1.807, 2.05) is 23.1 Å². The second-order valence-electron chi connectivity index (χ2n) is 4.80. The Morgan fingerprint density at radius 1 is 1.44 bits per heavy atom. The van der Waals surface area contributed by atoms with Crippen molar-refractivity contribution >= 4 is 17.5 Å². The molecule has 1 N–H and O–H groups in total. The Labute approximate surface area is 112 Å². The molecule has 1 atom stereocenters. The minimum absolute atomic E-state index is 0.0984. The number of carbonyl (C=O) groups excluding carboxylic acids is 1. The molecular formula is C14H18ClNO2. The highest BCUT2D eigenvalue weighted by molar-refractivity contribution is 6.31. The van der Waals surface area contributed by atoms with Crippen molar-refractivity contribution in [2.24, 2.45) is 5.92 Å². The summed E-state index contributed by atoms with van der Waals surface area (Å²) in [6.07, 6.45) is 2.32. The second kappa shape index (κ2) is 6.21. The van der Waals surface area contributed by atoms with Crippen LogP contribution in [-0.2, 0) is 11.2 Å². The molecule has 0 saturated carbocycles. The number of hydrogen-bond acceptors (Lipinski definition) is 2. The number of rotatable bonds is 3. The average molecular weight is 268 g/mol. The number of carbonyl (C=O) groups is 1. The lowest BCUT2D eigenvalue weighted by Crippen LogP contribution is -2.41. The third-order valence-electron chi connectivity index (χ3n) is 3.43. The monoisotopic (exact) mass is 267 g/mol. The van der Waals surface area contributed by atoms with Crippen LogP contribution in [0.25, 0.3) is 0 Å². The average Bonchev–Trinajstić information content (AvgIpc) is 2.41. The molecule has 3 nitrogen and oxygen atoms in total. The van der Waals surface area contributed by atoms with Crippen LogP contribution < -0.4 is 0 Å². The molecule has 1 aromatic carbocycles. The van der Waals surface area contributed by atoms with E-state index in [0.29, 0.717) is 18.0 Å². The van der Waals surface area contributed by atoms with Crippen molar-refractivity contribution in [3.8, 4) is 0 Å². The van der Waals surface area contributed by atoms with Crippen LogP contribution >= 0.6 is 11.6 Å². The predicted molar refractivity (Wildman–Crippen MR) is 71.5 cm³/mol. The van der Waals surface area contributed by atoms with E-state index in [0.717, 1.165) is 24.9 Å². The smallest absolute Gasteiger partial charge is 0.227 e. The topological polar surface area (TPSA) is 40.5 Å². The molecule has 1 fully saturated rings. The van der Waals surface area contributed by atoms with Crippen LogP contribution in [0, 0.1) is 5.92 Å². The molecule has 1 aliphatic heterocycles. The fourth-order valence-electron chi connectivity index (χ4n) is 2.36. The maximum atomic E-state index is 12.2. The third kappa shape index (κ3) is 3.24. The summed E-state index contributed by atoms with van der Waals surface area (Å²) in [6.45, 7) is 1.62. The maximum absolute atomic E-state index is 12.2. The lowest BCUT2D eigenvalue weighted by Gasteiger charge is -2.32. The van der Waals surface area contributed by atoms with E-state index in [2.05, 4.69) is 0 Å². The van der Waals surface area contributed by atoms with Crippen molar-refractivity contribution < 1.29 is 9.90 Å². The Morgan fingerprint density at radius 3 is 2.94 bits per heavy atom. The number of aliphatic hydroxyl groups is 1. The van der Waals surface area contributed by atoms with Gasteiger partial charge in [0, 0.05) is 24.7 Å². The summed E-state index contributed by atoms with van der Waals surface area (Å²) in [5, 5.41) is 9.81. The summed E-state index contributed by atoms with van der Waals surface area (Å²) in [6, 6.07) is 7.44. The molecule has 1 unspecified atom stereocenters. The van der Waals surface area contributed by atoms with Crippen molar-refractivity contribution in [3.63, 3.8) is 0 Å². The van der Waals surface area contributed by atoms with Gasteiger partial charge in [0.1, 0.15) is 0 Å². The van der Waals surface area contributed by atoms with Gasteiger partial charge in [-0.3, -0.25) is 4.79 Å². The molecule has 18 heavy (non-hydrogen) atoms. The Balaban J connectivity index is 1.97. The molecule has 2 rings (SSSR count). The summed E-state index contributed by atoms with van der Waals surface area (Å²) in [5.74, 6) is 0.329. The molecule has 1 amide bonds. The number of hydrogen-bond donors (Lipinski definition) is 1. The van der Waals surface area contributed by atoms with Crippen molar-refractivity contribution in [1.29, 1.82) is 0 Å². The summed E-state index contributed by atoms with van der Waals surface area (Å²) in [5.41, 5.74) is 0.871. The van der Waals surface area contributed by atoms with Gasteiger partial charge in [-0.05, 0) is 30.4 Å². The van der Waals surface area contributed by atoms with Crippen molar-refractivity contribution in [2.45, 2.75) is 19.3 Å². The van der Waals surface area contributed by atoms with E-state index >= 15 is 0 Å². The zero-order valence-electron chi connectivity index (χ0n) is 10.3. The van der Waals surface area contributed by atoms with Gasteiger partial charge in [0.25, 0.3) is 0 Å². The van der Waals surface area contributed by atoms with Gasteiger partial charge in [-0.2, -0.15) is 0 Å². The highest BCUT2D eigenvalue weighted by Gasteiger charge is 2.23. The highest BCUT2D eigenvalue weighted by Crippen LogP contribution is 2.19. The molecule has 98 valence electrons. The van der Waals surface area contributed by atoms with Crippen LogP contribution in [0.3, 0.4) is 0 Å². The first-order chi connectivity index (χ1) is 8.70. The first kappa shape index (κ1) is 13.4. The van der Waals surface area contributed by atoms with E-state index in [-0.39, 0.29) is 18.4 Å². The highest BCUT2D eigenvalue weighted by atomic mass is 35.5. The normalized spacial score (nSPS) is 19.9. The minimum atomic E-state index is 0.0984. The first-order valence-corrected chi connectivity index (χ1v) is 6.70. The zero-order valence-corrected chi connectivity index (χ0v) is 11.1. The number of nitrogens with zero attached hydrogens (tertiary/aromatic N) is 1. The number of likely N-dealkylation sites (tertiary alicyclic amines) is 1. The Kier molecular flexibility index (Phi) is 4.61. The van der Waals surface area contributed by atoms with Crippen LogP contribution in [0.4, 0.5) is 0 Å². The van der Waals surface area contributed by atoms with Gasteiger partial charge in [0.15, 0.2) is 0 Å². The largest absolute Gasteiger partial charge is 0.396 e. The van der Waals surface area contributed by atoms with Gasteiger partial charge in [0.2, 0.25) is 5.91 Å². The van der Waals surface area contributed by atoms with Crippen LogP contribution in [0.2, 0.25) is 5.02 Å². The lowest BCUT2D eigenvalue weighted by atomic mass is 9.98. The van der Waals surface area contributed by atoms with Crippen molar-refractivity contribution in [3.05, 3.63) is 34.9 Å². The van der Waals surface area contributed by atoms with E-state index in [9.17, 15) is 4.79 Å². The van der Waals surface area contributed by atoms with Gasteiger partial charge < -0.3 is 10.0 Å². The molecule has 1 saturated heterocycles. The summed E-state index contributed by atoms with van der Waals surface area (Å²) in [4.78, 5) is 14.0. The number of aliphatic hydroxyl groups excluding tert-OH is 1. The molecule has 0 spiro atoms. The molecule has 1 aromatic rings. The van der Waals surface area contributed by atoms with Gasteiger partial charge in [-0.1, -0.05) is 29.8 Å². The van der Waals surface area contributed by atoms with Crippen LogP contribution in [0.1, 0.15) is 18.4 Å². The molecule has 1 aliphatic rings. The SMILES string of the molecule is O=C(Cc1ccccc1Cl)N1CCCC(CO)C1. The Morgan fingerprint density at radius 2 is 2.22 bits per heavy atom. The van der Waals surface area contributed by atoms with Crippen LogP contribution in [-0.4, -0.2) is 35.6 Å². The van der Waals surface area contributed by atoms with E-state index in [1.165, 1.54) is 0 Å². The van der Waals surface area contributed by atoms with Gasteiger partial charge in [-0.15, -0.1) is 0 Å². The summed E-state index contributed by atoms with van der Waals surface area (Å²) in [7, 11) is 0. The number of piperidine rings is 1. The minimum Gasteiger partial charge on any atom is -0.396 e. The van der Waals surface area contributed by atoms with Crippen LogP contribution in [0.5, 0.6) is 0 Å². The van der Waals surface area contributed by atoms with Gasteiger partial charge >= 0.3 is 0 Å². The maximum Gasteiger partial charge on any atom is 0.227 e. The van der Waals surface area contributed by atoms with E-state index in [1.54, 1.807) is 6.07 Å². The molecule has 4 heteroatoms. The number of amides is 1. The molecule has 0 aliphatic carbocycles. The van der Waals surface area contributed by atoms with E-state index < -0.39 is 0 Å². The van der Waals surface area contributed by atoms with Crippen molar-refractivity contribution in [1.82, 2.24) is 4.90 Å². The predicted octanol–water partition coefficient (Wildman–Crippen LogP) is 2.11. The molecular weight excluding hydrogens is 250 g/mol. The third-order valence-corrected chi connectivity index (χ3v) is 3.80. The Bertz CT molecular complexity index is 422. The molecule has 0 radical (unpaired) electrons. The lowest BCUT2D eigenvalue weighted by molar-refractivity contribution is -0.132. The number of halogens is 1. The quantitative estimate of drug-likeness (QED) is 0.911. The standard InChI is InChI=1S/C14H18ClNO2/c15-13-6-2-1-5-12(13)8-14(18)16-7-3-4-11(9-16)10-17/h1-2,5-6,11,17H,3-4,7-10H2. The number of benzene rings is 1. The summed E-state index contributed by atoms with van der Waals surface area (Å²) < 4.78 is 0. The molecule has 0 bridgehead atoms. The van der Waals surface area contributed by atoms with Gasteiger partial charge in [-0.25, -0.2) is 0 Å². The fourth-order valence-corrected chi connectivity index (χ4v) is 2.56. The summed E-state index contributed by atoms with van der Waals surface area (Å²) >= 11 is 6.05. The zero-order chi connectivity index (χ0) is 13.0.